The summed E-state index contributed by atoms with van der Waals surface area (Å²) >= 11 is 13.6. The maximum atomic E-state index is 12.7. The second-order valence-corrected chi connectivity index (χ2v) is 10.1. The number of anilines is 2. The van der Waals surface area contributed by atoms with E-state index in [-0.39, 0.29) is 11.2 Å². The Labute approximate surface area is 185 Å². The van der Waals surface area contributed by atoms with Crippen LogP contribution in [0.2, 0.25) is 10.0 Å². The van der Waals surface area contributed by atoms with Gasteiger partial charge in [-0.3, -0.25) is 9.36 Å². The third kappa shape index (κ3) is 4.84. The maximum Gasteiger partial charge on any atom is 0.237 e. The standard InChI is InChI=1S/C20H25Cl2N5OS/c1-12-7-9-26(10-8-12)19-24-25-20(27(19)15-4-5-15)29-13(2)18(28)23-17-11-14(21)3-6-16(17)22/h3,6,11-13,15H,4-5,7-10H2,1-2H3,(H,23,28). The number of halogens is 2. The van der Waals surface area contributed by atoms with Crippen LogP contribution >= 0.6 is 35.0 Å². The van der Waals surface area contributed by atoms with Gasteiger partial charge in [0.2, 0.25) is 11.9 Å². The summed E-state index contributed by atoms with van der Waals surface area (Å²) in [4.78, 5) is 15.1. The average Bonchev–Trinajstić information content (AvgIpc) is 3.45. The fourth-order valence-corrected chi connectivity index (χ4v) is 4.72. The van der Waals surface area contributed by atoms with Gasteiger partial charge in [-0.05, 0) is 56.7 Å². The summed E-state index contributed by atoms with van der Waals surface area (Å²) in [5, 5.41) is 13.2. The minimum Gasteiger partial charge on any atom is -0.341 e. The van der Waals surface area contributed by atoms with Crippen molar-refractivity contribution < 1.29 is 4.79 Å². The van der Waals surface area contributed by atoms with Gasteiger partial charge in [-0.15, -0.1) is 10.2 Å². The van der Waals surface area contributed by atoms with Gasteiger partial charge in [-0.2, -0.15) is 0 Å². The number of hydrogen-bond donors (Lipinski definition) is 1. The van der Waals surface area contributed by atoms with Gasteiger partial charge in [0.1, 0.15) is 0 Å². The molecule has 0 spiro atoms. The quantitative estimate of drug-likeness (QED) is 0.602. The normalized spacial score (nSPS) is 18.7. The van der Waals surface area contributed by atoms with Crippen molar-refractivity contribution in [2.75, 3.05) is 23.3 Å². The molecule has 9 heteroatoms. The third-order valence-corrected chi connectivity index (χ3v) is 7.08. The van der Waals surface area contributed by atoms with E-state index in [2.05, 4.69) is 31.9 Å². The number of benzene rings is 1. The molecule has 1 atom stereocenters. The van der Waals surface area contributed by atoms with Crippen molar-refractivity contribution in [1.29, 1.82) is 0 Å². The maximum absolute atomic E-state index is 12.7. The van der Waals surface area contributed by atoms with E-state index >= 15 is 0 Å². The molecule has 1 saturated heterocycles. The molecule has 2 aliphatic rings. The summed E-state index contributed by atoms with van der Waals surface area (Å²) in [6.45, 7) is 6.20. The van der Waals surface area contributed by atoms with Gasteiger partial charge in [0.05, 0.1) is 16.0 Å². The molecule has 0 bridgehead atoms. The molecule has 1 aliphatic carbocycles. The van der Waals surface area contributed by atoms with E-state index in [1.54, 1.807) is 18.2 Å². The molecule has 2 fully saturated rings. The molecule has 2 heterocycles. The monoisotopic (exact) mass is 453 g/mol. The lowest BCUT2D eigenvalue weighted by Crippen LogP contribution is -2.34. The highest BCUT2D eigenvalue weighted by Crippen LogP contribution is 2.42. The van der Waals surface area contributed by atoms with E-state index in [0.29, 0.717) is 21.8 Å². The lowest BCUT2D eigenvalue weighted by molar-refractivity contribution is -0.115. The van der Waals surface area contributed by atoms with Crippen molar-refractivity contribution in [3.63, 3.8) is 0 Å². The largest absolute Gasteiger partial charge is 0.341 e. The summed E-state index contributed by atoms with van der Waals surface area (Å²) in [7, 11) is 0. The molecule has 29 heavy (non-hydrogen) atoms. The van der Waals surface area contributed by atoms with Crippen LogP contribution < -0.4 is 10.2 Å². The van der Waals surface area contributed by atoms with Crippen molar-refractivity contribution in [3.05, 3.63) is 28.2 Å². The van der Waals surface area contributed by atoms with E-state index in [0.717, 1.165) is 43.0 Å². The second-order valence-electron chi connectivity index (χ2n) is 7.93. The van der Waals surface area contributed by atoms with E-state index in [1.165, 1.54) is 24.6 Å². The Morgan fingerprint density at radius 3 is 2.62 bits per heavy atom. The lowest BCUT2D eigenvalue weighted by Gasteiger charge is -2.31. The van der Waals surface area contributed by atoms with Gasteiger partial charge in [0.15, 0.2) is 5.16 Å². The van der Waals surface area contributed by atoms with Gasteiger partial charge in [0, 0.05) is 24.2 Å². The first-order chi connectivity index (χ1) is 13.9. The van der Waals surface area contributed by atoms with Crippen molar-refractivity contribution in [3.8, 4) is 0 Å². The number of carbonyl (C=O) groups is 1. The van der Waals surface area contributed by atoms with Crippen LogP contribution in [-0.2, 0) is 4.79 Å². The first-order valence-corrected chi connectivity index (χ1v) is 11.7. The number of hydrogen-bond acceptors (Lipinski definition) is 5. The molecule has 6 nitrogen and oxygen atoms in total. The summed E-state index contributed by atoms with van der Waals surface area (Å²) in [5.41, 5.74) is 0.517. The number of nitrogens with zero attached hydrogens (tertiary/aromatic N) is 4. The minimum atomic E-state index is -0.346. The molecule has 4 rings (SSSR count). The number of carbonyl (C=O) groups excluding carboxylic acids is 1. The van der Waals surface area contributed by atoms with Crippen LogP contribution in [-0.4, -0.2) is 39.0 Å². The first-order valence-electron chi connectivity index (χ1n) is 10.0. The molecule has 0 radical (unpaired) electrons. The fraction of sp³-hybridized carbons (Fsp3) is 0.550. The highest BCUT2D eigenvalue weighted by molar-refractivity contribution is 8.00. The smallest absolute Gasteiger partial charge is 0.237 e. The molecule has 1 saturated carbocycles. The fourth-order valence-electron chi connectivity index (χ4n) is 3.47. The Kier molecular flexibility index (Phi) is 6.27. The van der Waals surface area contributed by atoms with Crippen molar-refractivity contribution >= 4 is 52.5 Å². The van der Waals surface area contributed by atoms with Gasteiger partial charge < -0.3 is 10.2 Å². The summed E-state index contributed by atoms with van der Waals surface area (Å²) in [5.74, 6) is 1.57. The van der Waals surface area contributed by atoms with Crippen LogP contribution in [0.5, 0.6) is 0 Å². The topological polar surface area (TPSA) is 63.1 Å². The lowest BCUT2D eigenvalue weighted by atomic mass is 10.00. The molecule has 156 valence electrons. The van der Waals surface area contributed by atoms with Crippen molar-refractivity contribution in [1.82, 2.24) is 14.8 Å². The van der Waals surface area contributed by atoms with Crippen LogP contribution in [0.4, 0.5) is 11.6 Å². The van der Waals surface area contributed by atoms with E-state index in [4.69, 9.17) is 23.2 Å². The Bertz CT molecular complexity index is 893. The molecular weight excluding hydrogens is 429 g/mol. The molecule has 1 aliphatic heterocycles. The summed E-state index contributed by atoms with van der Waals surface area (Å²) in [6.07, 6.45) is 4.64. The number of rotatable bonds is 6. The number of piperidine rings is 1. The Balaban J connectivity index is 1.47. The van der Waals surface area contributed by atoms with E-state index in [9.17, 15) is 4.79 Å². The molecular formula is C20H25Cl2N5OS. The van der Waals surface area contributed by atoms with Gasteiger partial charge >= 0.3 is 0 Å². The zero-order valence-corrected chi connectivity index (χ0v) is 18.9. The van der Waals surface area contributed by atoms with E-state index in [1.807, 2.05) is 6.92 Å². The van der Waals surface area contributed by atoms with Crippen molar-refractivity contribution in [2.45, 2.75) is 56.0 Å². The second kappa shape index (κ2) is 8.74. The molecule has 1 aromatic heterocycles. The van der Waals surface area contributed by atoms with Gasteiger partial charge in [-0.25, -0.2) is 0 Å². The minimum absolute atomic E-state index is 0.141. The van der Waals surface area contributed by atoms with Crippen LogP contribution in [0, 0.1) is 5.92 Å². The predicted octanol–water partition coefficient (Wildman–Crippen LogP) is 5.28. The van der Waals surface area contributed by atoms with Crippen LogP contribution in [0.15, 0.2) is 23.4 Å². The Hall–Kier alpha value is -1.44. The highest BCUT2D eigenvalue weighted by atomic mass is 35.5. The zero-order chi connectivity index (χ0) is 20.5. The Morgan fingerprint density at radius 1 is 1.21 bits per heavy atom. The predicted molar refractivity (Wildman–Crippen MR) is 119 cm³/mol. The molecule has 1 N–H and O–H groups in total. The molecule has 1 unspecified atom stereocenters. The SMILES string of the molecule is CC1CCN(c2nnc(SC(C)C(=O)Nc3cc(Cl)ccc3Cl)n2C2CC2)CC1. The molecule has 1 aromatic carbocycles. The number of amides is 1. The number of nitrogens with one attached hydrogen (secondary N) is 1. The Morgan fingerprint density at radius 2 is 1.93 bits per heavy atom. The number of aromatic nitrogens is 3. The molecule has 1 amide bonds. The highest BCUT2D eigenvalue weighted by Gasteiger charge is 2.33. The van der Waals surface area contributed by atoms with Crippen LogP contribution in [0.1, 0.15) is 45.6 Å². The summed E-state index contributed by atoms with van der Waals surface area (Å²) < 4.78 is 2.23. The van der Waals surface area contributed by atoms with Crippen molar-refractivity contribution in [2.24, 2.45) is 5.92 Å². The first kappa shape index (κ1) is 20.8. The zero-order valence-electron chi connectivity index (χ0n) is 16.6. The third-order valence-electron chi connectivity index (χ3n) is 5.46. The number of thioether (sulfide) groups is 1. The van der Waals surface area contributed by atoms with Crippen LogP contribution in [0.3, 0.4) is 0 Å². The van der Waals surface area contributed by atoms with E-state index < -0.39 is 0 Å². The molecule has 2 aromatic rings. The van der Waals surface area contributed by atoms with Gasteiger partial charge in [0.25, 0.3) is 0 Å². The van der Waals surface area contributed by atoms with Crippen LogP contribution in [0.25, 0.3) is 0 Å². The average molecular weight is 454 g/mol. The van der Waals surface area contributed by atoms with Gasteiger partial charge in [-0.1, -0.05) is 41.9 Å². The summed E-state index contributed by atoms with van der Waals surface area (Å²) in [6, 6.07) is 5.46.